The maximum Gasteiger partial charge on any atom is 0.213 e. The van der Waals surface area contributed by atoms with E-state index in [1.807, 2.05) is 25.3 Å². The minimum absolute atomic E-state index is 0.199. The van der Waals surface area contributed by atoms with Gasteiger partial charge >= 0.3 is 0 Å². The SMILES string of the molecule is Cc1ccc(OC2CN(C(c3ccccc3)c3ccccc3)C2)nc1. The molecule has 1 saturated heterocycles. The van der Waals surface area contributed by atoms with Crippen molar-refractivity contribution in [2.45, 2.75) is 19.1 Å². The van der Waals surface area contributed by atoms with Gasteiger partial charge < -0.3 is 4.74 Å². The van der Waals surface area contributed by atoms with E-state index < -0.39 is 0 Å². The molecule has 126 valence electrons. The average Bonchev–Trinajstić information content (AvgIpc) is 2.63. The normalized spacial score (nSPS) is 15.1. The molecule has 2 heterocycles. The summed E-state index contributed by atoms with van der Waals surface area (Å²) >= 11 is 0. The predicted octanol–water partition coefficient (Wildman–Crippen LogP) is 4.24. The van der Waals surface area contributed by atoms with Crippen LogP contribution in [0.1, 0.15) is 22.7 Å². The second-order valence-electron chi connectivity index (χ2n) is 6.59. The summed E-state index contributed by atoms with van der Waals surface area (Å²) in [5, 5.41) is 0. The van der Waals surface area contributed by atoms with Crippen LogP contribution in [0.15, 0.2) is 79.0 Å². The Balaban J connectivity index is 1.48. The van der Waals surface area contributed by atoms with E-state index in [1.165, 1.54) is 11.1 Å². The number of aryl methyl sites for hydroxylation is 1. The van der Waals surface area contributed by atoms with Crippen molar-refractivity contribution in [3.05, 3.63) is 95.7 Å². The zero-order valence-electron chi connectivity index (χ0n) is 14.4. The number of hydrogen-bond donors (Lipinski definition) is 0. The summed E-state index contributed by atoms with van der Waals surface area (Å²) in [5.74, 6) is 0.714. The first-order valence-corrected chi connectivity index (χ1v) is 8.73. The first-order chi connectivity index (χ1) is 12.3. The Morgan fingerprint density at radius 1 is 0.880 bits per heavy atom. The van der Waals surface area contributed by atoms with Crippen LogP contribution in [0.25, 0.3) is 0 Å². The molecule has 1 fully saturated rings. The van der Waals surface area contributed by atoms with Gasteiger partial charge in [-0.05, 0) is 23.6 Å². The minimum atomic E-state index is 0.199. The van der Waals surface area contributed by atoms with Crippen molar-refractivity contribution >= 4 is 0 Å². The first kappa shape index (κ1) is 15.9. The summed E-state index contributed by atoms with van der Waals surface area (Å²) in [5.41, 5.74) is 3.79. The van der Waals surface area contributed by atoms with Crippen molar-refractivity contribution in [3.8, 4) is 5.88 Å². The molecular weight excluding hydrogens is 308 g/mol. The van der Waals surface area contributed by atoms with Gasteiger partial charge in [0.05, 0.1) is 6.04 Å². The third-order valence-electron chi connectivity index (χ3n) is 4.64. The number of hydrogen-bond acceptors (Lipinski definition) is 3. The lowest BCUT2D eigenvalue weighted by molar-refractivity contribution is -0.00216. The van der Waals surface area contributed by atoms with Crippen molar-refractivity contribution in [1.29, 1.82) is 0 Å². The maximum atomic E-state index is 6.00. The molecule has 3 nitrogen and oxygen atoms in total. The third kappa shape index (κ3) is 3.57. The highest BCUT2D eigenvalue weighted by Gasteiger charge is 2.35. The summed E-state index contributed by atoms with van der Waals surface area (Å²) in [6, 6.07) is 25.6. The topological polar surface area (TPSA) is 25.4 Å². The Hall–Kier alpha value is -2.65. The molecule has 0 atom stereocenters. The molecule has 2 aromatic carbocycles. The lowest BCUT2D eigenvalue weighted by Crippen LogP contribution is -2.55. The number of benzene rings is 2. The summed E-state index contributed by atoms with van der Waals surface area (Å²) in [4.78, 5) is 6.81. The van der Waals surface area contributed by atoms with Crippen molar-refractivity contribution < 1.29 is 4.74 Å². The smallest absolute Gasteiger partial charge is 0.213 e. The lowest BCUT2D eigenvalue weighted by Gasteiger charge is -2.44. The number of rotatable bonds is 5. The molecule has 0 saturated carbocycles. The van der Waals surface area contributed by atoms with Gasteiger partial charge in [0.1, 0.15) is 6.10 Å². The third-order valence-corrected chi connectivity index (χ3v) is 4.64. The van der Waals surface area contributed by atoms with E-state index in [1.54, 1.807) is 0 Å². The van der Waals surface area contributed by atoms with Crippen molar-refractivity contribution in [2.75, 3.05) is 13.1 Å². The highest BCUT2D eigenvalue weighted by Crippen LogP contribution is 2.33. The predicted molar refractivity (Wildman–Crippen MR) is 99.7 cm³/mol. The van der Waals surface area contributed by atoms with Gasteiger partial charge in [-0.25, -0.2) is 4.98 Å². The van der Waals surface area contributed by atoms with Gasteiger partial charge in [0.25, 0.3) is 0 Å². The molecule has 0 spiro atoms. The van der Waals surface area contributed by atoms with Crippen LogP contribution in [-0.2, 0) is 0 Å². The largest absolute Gasteiger partial charge is 0.472 e. The average molecular weight is 330 g/mol. The van der Waals surface area contributed by atoms with E-state index in [0.29, 0.717) is 5.88 Å². The van der Waals surface area contributed by atoms with Gasteiger partial charge in [0.2, 0.25) is 5.88 Å². The molecule has 25 heavy (non-hydrogen) atoms. The quantitative estimate of drug-likeness (QED) is 0.699. The van der Waals surface area contributed by atoms with Gasteiger partial charge in [-0.1, -0.05) is 66.7 Å². The highest BCUT2D eigenvalue weighted by atomic mass is 16.5. The number of nitrogens with zero attached hydrogens (tertiary/aromatic N) is 2. The number of aromatic nitrogens is 1. The van der Waals surface area contributed by atoms with Crippen LogP contribution in [0.4, 0.5) is 0 Å². The first-order valence-electron chi connectivity index (χ1n) is 8.73. The van der Waals surface area contributed by atoms with E-state index in [2.05, 4.69) is 70.5 Å². The Morgan fingerprint density at radius 2 is 1.48 bits per heavy atom. The van der Waals surface area contributed by atoms with Gasteiger partial charge in [0, 0.05) is 25.4 Å². The van der Waals surface area contributed by atoms with Gasteiger partial charge in [0.15, 0.2) is 0 Å². The van der Waals surface area contributed by atoms with Crippen LogP contribution in [0.2, 0.25) is 0 Å². The van der Waals surface area contributed by atoms with Crippen molar-refractivity contribution in [1.82, 2.24) is 9.88 Å². The molecule has 0 aliphatic carbocycles. The summed E-state index contributed by atoms with van der Waals surface area (Å²) in [6.07, 6.45) is 2.05. The highest BCUT2D eigenvalue weighted by molar-refractivity contribution is 5.32. The summed E-state index contributed by atoms with van der Waals surface area (Å²) in [6.45, 7) is 3.85. The maximum absolute atomic E-state index is 6.00. The van der Waals surface area contributed by atoms with Crippen LogP contribution in [-0.4, -0.2) is 29.1 Å². The second-order valence-corrected chi connectivity index (χ2v) is 6.59. The second kappa shape index (κ2) is 7.08. The Morgan fingerprint density at radius 3 is 2.00 bits per heavy atom. The van der Waals surface area contributed by atoms with E-state index in [4.69, 9.17) is 4.74 Å². The minimum Gasteiger partial charge on any atom is -0.472 e. The van der Waals surface area contributed by atoms with Crippen molar-refractivity contribution in [2.24, 2.45) is 0 Å². The molecule has 4 rings (SSSR count). The molecule has 0 radical (unpaired) electrons. The van der Waals surface area contributed by atoms with Crippen LogP contribution >= 0.6 is 0 Å². The molecule has 1 aromatic heterocycles. The Labute approximate surface area is 148 Å². The molecule has 0 unspecified atom stereocenters. The zero-order valence-corrected chi connectivity index (χ0v) is 14.4. The summed E-state index contributed by atoms with van der Waals surface area (Å²) in [7, 11) is 0. The fourth-order valence-electron chi connectivity index (χ4n) is 3.33. The number of pyridine rings is 1. The van der Waals surface area contributed by atoms with Gasteiger partial charge in [-0.3, -0.25) is 4.90 Å². The van der Waals surface area contributed by atoms with Gasteiger partial charge in [-0.15, -0.1) is 0 Å². The Kier molecular flexibility index (Phi) is 4.49. The molecule has 3 heteroatoms. The molecule has 0 N–H and O–H groups in total. The van der Waals surface area contributed by atoms with Crippen LogP contribution in [0, 0.1) is 6.92 Å². The van der Waals surface area contributed by atoms with Gasteiger partial charge in [-0.2, -0.15) is 0 Å². The van der Waals surface area contributed by atoms with E-state index in [9.17, 15) is 0 Å². The molecule has 3 aromatic rings. The van der Waals surface area contributed by atoms with Crippen LogP contribution < -0.4 is 4.74 Å². The van der Waals surface area contributed by atoms with E-state index in [0.717, 1.165) is 18.7 Å². The van der Waals surface area contributed by atoms with E-state index in [-0.39, 0.29) is 12.1 Å². The van der Waals surface area contributed by atoms with E-state index >= 15 is 0 Å². The molecular formula is C22H22N2O. The van der Waals surface area contributed by atoms with Crippen LogP contribution in [0.5, 0.6) is 5.88 Å². The Bertz CT molecular complexity index is 757. The fourth-order valence-corrected chi connectivity index (χ4v) is 3.33. The lowest BCUT2D eigenvalue weighted by atomic mass is 9.94. The molecule has 0 amide bonds. The van der Waals surface area contributed by atoms with Crippen LogP contribution in [0.3, 0.4) is 0 Å². The zero-order chi connectivity index (χ0) is 17.1. The molecule has 0 bridgehead atoms. The molecule has 1 aliphatic rings. The number of likely N-dealkylation sites (tertiary alicyclic amines) is 1. The monoisotopic (exact) mass is 330 g/mol. The summed E-state index contributed by atoms with van der Waals surface area (Å²) < 4.78 is 6.00. The standard InChI is InChI=1S/C22H22N2O/c1-17-12-13-21(23-14-17)25-20-15-24(16-20)22(18-8-4-2-5-9-18)19-10-6-3-7-11-19/h2-14,20,22H,15-16H2,1H3. The molecule has 1 aliphatic heterocycles. The fraction of sp³-hybridized carbons (Fsp3) is 0.227. The number of ether oxygens (including phenoxy) is 1. The van der Waals surface area contributed by atoms with Crippen molar-refractivity contribution in [3.63, 3.8) is 0 Å².